The average molecular weight is 413 g/mol. The molecule has 1 saturated heterocycles. The van der Waals surface area contributed by atoms with Gasteiger partial charge in [0.1, 0.15) is 23.9 Å². The van der Waals surface area contributed by atoms with Crippen LogP contribution in [0.3, 0.4) is 0 Å². The quantitative estimate of drug-likeness (QED) is 0.371. The van der Waals surface area contributed by atoms with Gasteiger partial charge in [0, 0.05) is 4.91 Å². The lowest BCUT2D eigenvalue weighted by Crippen LogP contribution is -2.53. The van der Waals surface area contributed by atoms with Gasteiger partial charge in [0.05, 0.1) is 19.8 Å². The molecule has 8 nitrogen and oxygen atoms in total. The number of hydrogen-bond donors (Lipinski definition) is 2. The van der Waals surface area contributed by atoms with E-state index in [2.05, 4.69) is 10.0 Å². The smallest absolute Gasteiger partial charge is 0.164 e. The van der Waals surface area contributed by atoms with Gasteiger partial charge < -0.3 is 24.4 Å². The van der Waals surface area contributed by atoms with Crippen molar-refractivity contribution in [3.05, 3.63) is 82.2 Å². The molecule has 160 valence electrons. The molecule has 2 N–H and O–H groups in total. The van der Waals surface area contributed by atoms with Crippen molar-refractivity contribution >= 4 is 0 Å². The molecule has 1 aliphatic rings. The first-order valence-electron chi connectivity index (χ1n) is 9.80. The molecule has 3 atom stereocenters. The number of aliphatic hydroxyl groups is 2. The van der Waals surface area contributed by atoms with Crippen molar-refractivity contribution in [3.8, 4) is 0 Å². The Morgan fingerprint density at radius 1 is 1.10 bits per heavy atom. The van der Waals surface area contributed by atoms with Crippen molar-refractivity contribution in [2.45, 2.75) is 43.5 Å². The summed E-state index contributed by atoms with van der Waals surface area (Å²) in [6.45, 7) is 2.64. The number of ether oxygens (including phenoxy) is 3. The second-order valence-electron chi connectivity index (χ2n) is 7.75. The van der Waals surface area contributed by atoms with Crippen LogP contribution >= 0.6 is 0 Å². The Kier molecular flexibility index (Phi) is 7.10. The average Bonchev–Trinajstić information content (AvgIpc) is 3.05. The molecule has 0 amide bonds. The molecule has 3 rings (SSSR count). The number of hydrogen-bond acceptors (Lipinski definition) is 6. The minimum Gasteiger partial charge on any atom is -0.393 e. The maximum atomic E-state index is 10.9. The Morgan fingerprint density at radius 2 is 1.67 bits per heavy atom. The van der Waals surface area contributed by atoms with Crippen LogP contribution in [0, 0.1) is 0 Å². The lowest BCUT2D eigenvalue weighted by Gasteiger charge is -2.32. The van der Waals surface area contributed by atoms with Crippen LogP contribution in [0.4, 0.5) is 0 Å². The zero-order chi connectivity index (χ0) is 21.6. The molecular weight excluding hydrogens is 386 g/mol. The summed E-state index contributed by atoms with van der Waals surface area (Å²) in [5.41, 5.74) is 9.25. The molecule has 1 heterocycles. The van der Waals surface area contributed by atoms with Crippen LogP contribution in [-0.4, -0.2) is 53.6 Å². The van der Waals surface area contributed by atoms with E-state index >= 15 is 0 Å². The summed E-state index contributed by atoms with van der Waals surface area (Å²) in [5, 5.41) is 24.5. The predicted octanol–water partition coefficient (Wildman–Crippen LogP) is 3.35. The lowest BCUT2D eigenvalue weighted by molar-refractivity contribution is -0.171. The standard InChI is InChI=1S/C22H27N3O5/c1-21(2)29-20(22(15-26,30-21)14-24-25-23)18(27)13-28-19(16-9-5-3-6-10-16)17-11-7-4-8-12-17/h3-12,18-20,26-27H,13-15H2,1-2H3/t18-,20-,22+/m1/s1. The summed E-state index contributed by atoms with van der Waals surface area (Å²) < 4.78 is 17.8. The highest BCUT2D eigenvalue weighted by atomic mass is 16.8. The molecule has 0 radical (unpaired) electrons. The van der Waals surface area contributed by atoms with Crippen LogP contribution in [0.15, 0.2) is 65.8 Å². The molecule has 0 bridgehead atoms. The molecule has 2 aromatic rings. The molecule has 0 spiro atoms. The van der Waals surface area contributed by atoms with Crippen molar-refractivity contribution in [2.75, 3.05) is 19.8 Å². The molecule has 2 aromatic carbocycles. The van der Waals surface area contributed by atoms with E-state index in [1.165, 1.54) is 0 Å². The van der Waals surface area contributed by atoms with Gasteiger partial charge in [0.2, 0.25) is 0 Å². The van der Waals surface area contributed by atoms with E-state index < -0.39 is 36.3 Å². The summed E-state index contributed by atoms with van der Waals surface area (Å²) in [6.07, 6.45) is -2.45. The van der Waals surface area contributed by atoms with Gasteiger partial charge in [-0.05, 0) is 30.5 Å². The number of nitrogens with zero attached hydrogens (tertiary/aromatic N) is 3. The van der Waals surface area contributed by atoms with Gasteiger partial charge in [-0.25, -0.2) is 0 Å². The minimum absolute atomic E-state index is 0.0728. The molecule has 30 heavy (non-hydrogen) atoms. The van der Waals surface area contributed by atoms with Crippen molar-refractivity contribution in [3.63, 3.8) is 0 Å². The second-order valence-corrected chi connectivity index (χ2v) is 7.75. The molecule has 0 aliphatic carbocycles. The second kappa shape index (κ2) is 9.57. The van der Waals surface area contributed by atoms with Gasteiger partial charge in [-0.15, -0.1) is 0 Å². The highest BCUT2D eigenvalue weighted by Gasteiger charge is 2.55. The van der Waals surface area contributed by atoms with E-state index in [-0.39, 0.29) is 13.2 Å². The van der Waals surface area contributed by atoms with Crippen LogP contribution in [0.1, 0.15) is 31.1 Å². The highest BCUT2D eigenvalue weighted by Crippen LogP contribution is 2.39. The van der Waals surface area contributed by atoms with E-state index in [1.54, 1.807) is 13.8 Å². The Labute approximate surface area is 175 Å². The first-order chi connectivity index (χ1) is 14.4. The van der Waals surface area contributed by atoms with Crippen molar-refractivity contribution in [1.82, 2.24) is 0 Å². The highest BCUT2D eigenvalue weighted by molar-refractivity contribution is 5.29. The van der Waals surface area contributed by atoms with Gasteiger partial charge in [-0.2, -0.15) is 0 Å². The first kappa shape index (κ1) is 22.2. The summed E-state index contributed by atoms with van der Waals surface area (Å²) in [4.78, 5) is 2.75. The zero-order valence-corrected chi connectivity index (χ0v) is 17.1. The van der Waals surface area contributed by atoms with Gasteiger partial charge in [-0.1, -0.05) is 65.8 Å². The van der Waals surface area contributed by atoms with Crippen molar-refractivity contribution < 1.29 is 24.4 Å². The normalized spacial score (nSPS) is 23.8. The van der Waals surface area contributed by atoms with Crippen molar-refractivity contribution in [1.29, 1.82) is 0 Å². The van der Waals surface area contributed by atoms with E-state index in [1.807, 2.05) is 60.7 Å². The summed E-state index contributed by atoms with van der Waals surface area (Å²) >= 11 is 0. The topological polar surface area (TPSA) is 117 Å². The minimum atomic E-state index is -1.35. The maximum Gasteiger partial charge on any atom is 0.164 e. The SMILES string of the molecule is CC1(C)O[C@H]([C@H](O)COC(c2ccccc2)c2ccccc2)[C@@](CO)(CN=[N+]=[N-])O1. The molecular formula is C22H27N3O5. The summed E-state index contributed by atoms with van der Waals surface area (Å²) in [6, 6.07) is 19.4. The zero-order valence-electron chi connectivity index (χ0n) is 17.1. The number of aliphatic hydroxyl groups excluding tert-OH is 2. The fraction of sp³-hybridized carbons (Fsp3) is 0.455. The number of rotatable bonds is 9. The van der Waals surface area contributed by atoms with Gasteiger partial charge in [-0.3, -0.25) is 0 Å². The van der Waals surface area contributed by atoms with Gasteiger partial charge in [0.15, 0.2) is 5.79 Å². The van der Waals surface area contributed by atoms with E-state index in [4.69, 9.17) is 19.7 Å². The molecule has 0 aromatic heterocycles. The third-order valence-corrected chi connectivity index (χ3v) is 5.04. The third-order valence-electron chi connectivity index (χ3n) is 5.04. The Bertz CT molecular complexity index is 818. The monoisotopic (exact) mass is 413 g/mol. The molecule has 1 aliphatic heterocycles. The van der Waals surface area contributed by atoms with E-state index in [9.17, 15) is 10.2 Å². The fourth-order valence-electron chi connectivity index (χ4n) is 3.78. The lowest BCUT2D eigenvalue weighted by atomic mass is 9.93. The Hall–Kier alpha value is -2.45. The maximum absolute atomic E-state index is 10.9. The van der Waals surface area contributed by atoms with Crippen molar-refractivity contribution in [2.24, 2.45) is 5.11 Å². The van der Waals surface area contributed by atoms with Gasteiger partial charge >= 0.3 is 0 Å². The van der Waals surface area contributed by atoms with Crippen LogP contribution in [0.2, 0.25) is 0 Å². The van der Waals surface area contributed by atoms with Crippen LogP contribution in [-0.2, 0) is 14.2 Å². The molecule has 0 unspecified atom stereocenters. The van der Waals surface area contributed by atoms with Crippen LogP contribution in [0.25, 0.3) is 10.4 Å². The largest absolute Gasteiger partial charge is 0.393 e. The van der Waals surface area contributed by atoms with Gasteiger partial charge in [0.25, 0.3) is 0 Å². The van der Waals surface area contributed by atoms with E-state index in [0.717, 1.165) is 11.1 Å². The molecule has 8 heteroatoms. The Morgan fingerprint density at radius 3 is 2.17 bits per heavy atom. The third kappa shape index (κ3) is 4.99. The first-order valence-corrected chi connectivity index (χ1v) is 9.80. The Balaban J connectivity index is 1.80. The fourth-order valence-corrected chi connectivity index (χ4v) is 3.78. The number of benzene rings is 2. The molecule has 0 saturated carbocycles. The van der Waals surface area contributed by atoms with E-state index in [0.29, 0.717) is 0 Å². The van der Waals surface area contributed by atoms with Crippen LogP contribution in [0.5, 0.6) is 0 Å². The molecule has 1 fully saturated rings. The number of azide groups is 1. The van der Waals surface area contributed by atoms with Crippen LogP contribution < -0.4 is 0 Å². The predicted molar refractivity (Wildman–Crippen MR) is 111 cm³/mol. The summed E-state index contributed by atoms with van der Waals surface area (Å²) in [5.74, 6) is -1.06. The summed E-state index contributed by atoms with van der Waals surface area (Å²) in [7, 11) is 0.